The summed E-state index contributed by atoms with van der Waals surface area (Å²) in [7, 11) is 0. The highest BCUT2D eigenvalue weighted by atomic mass is 32.1. The molecule has 1 heterocycles. The highest BCUT2D eigenvalue weighted by Gasteiger charge is 2.10. The van der Waals surface area contributed by atoms with Crippen molar-refractivity contribution in [1.82, 2.24) is 5.32 Å². The zero-order valence-electron chi connectivity index (χ0n) is 12.6. The summed E-state index contributed by atoms with van der Waals surface area (Å²) in [5.41, 5.74) is 1.13. The molecule has 0 spiro atoms. The SMILES string of the molecule is Cc1ccc(C(C)NCC(O)COCc2ccccc2)s1. The summed E-state index contributed by atoms with van der Waals surface area (Å²) in [5.74, 6) is 0. The largest absolute Gasteiger partial charge is 0.389 e. The number of rotatable bonds is 8. The fourth-order valence-corrected chi connectivity index (χ4v) is 2.95. The fourth-order valence-electron chi connectivity index (χ4n) is 2.05. The Balaban J connectivity index is 1.64. The molecule has 2 atom stereocenters. The minimum absolute atomic E-state index is 0.257. The molecule has 21 heavy (non-hydrogen) atoms. The van der Waals surface area contributed by atoms with E-state index in [1.54, 1.807) is 11.3 Å². The third-order valence-corrected chi connectivity index (χ3v) is 4.45. The van der Waals surface area contributed by atoms with Crippen LogP contribution in [-0.2, 0) is 11.3 Å². The van der Waals surface area contributed by atoms with Gasteiger partial charge in [0.1, 0.15) is 0 Å². The van der Waals surface area contributed by atoms with Crippen LogP contribution in [0.25, 0.3) is 0 Å². The molecule has 4 heteroatoms. The van der Waals surface area contributed by atoms with Crippen LogP contribution in [-0.4, -0.2) is 24.4 Å². The molecular formula is C17H23NO2S. The van der Waals surface area contributed by atoms with Crippen LogP contribution in [0.2, 0.25) is 0 Å². The van der Waals surface area contributed by atoms with E-state index < -0.39 is 6.10 Å². The molecular weight excluding hydrogens is 282 g/mol. The van der Waals surface area contributed by atoms with E-state index in [-0.39, 0.29) is 6.04 Å². The summed E-state index contributed by atoms with van der Waals surface area (Å²) in [6.45, 7) is 5.64. The van der Waals surface area contributed by atoms with Gasteiger partial charge in [0, 0.05) is 22.3 Å². The van der Waals surface area contributed by atoms with Gasteiger partial charge in [-0.2, -0.15) is 0 Å². The lowest BCUT2D eigenvalue weighted by molar-refractivity contribution is 0.0278. The van der Waals surface area contributed by atoms with E-state index in [0.717, 1.165) is 5.56 Å². The average Bonchev–Trinajstić information content (AvgIpc) is 2.92. The zero-order valence-corrected chi connectivity index (χ0v) is 13.4. The van der Waals surface area contributed by atoms with Crippen molar-refractivity contribution < 1.29 is 9.84 Å². The van der Waals surface area contributed by atoms with Gasteiger partial charge in [0.2, 0.25) is 0 Å². The molecule has 2 unspecified atom stereocenters. The van der Waals surface area contributed by atoms with Gasteiger partial charge in [0.25, 0.3) is 0 Å². The Bertz CT molecular complexity index is 527. The maximum atomic E-state index is 9.94. The van der Waals surface area contributed by atoms with Crippen LogP contribution in [0.3, 0.4) is 0 Å². The van der Waals surface area contributed by atoms with Crippen molar-refractivity contribution in [3.8, 4) is 0 Å². The second-order valence-electron chi connectivity index (χ2n) is 5.23. The number of ether oxygens (including phenoxy) is 1. The van der Waals surface area contributed by atoms with Crippen LogP contribution in [0.1, 0.15) is 28.3 Å². The lowest BCUT2D eigenvalue weighted by Gasteiger charge is -2.16. The standard InChI is InChI=1S/C17H23NO2S/c1-13-8-9-17(21-13)14(2)18-10-16(19)12-20-11-15-6-4-3-5-7-15/h3-9,14,16,18-19H,10-12H2,1-2H3. The predicted molar refractivity (Wildman–Crippen MR) is 87.6 cm³/mol. The van der Waals surface area contributed by atoms with E-state index in [9.17, 15) is 5.11 Å². The van der Waals surface area contributed by atoms with Crippen LogP contribution in [0.4, 0.5) is 0 Å². The number of thiophene rings is 1. The summed E-state index contributed by atoms with van der Waals surface area (Å²) in [4.78, 5) is 2.61. The number of aliphatic hydroxyl groups excluding tert-OH is 1. The Morgan fingerprint density at radius 2 is 1.95 bits per heavy atom. The highest BCUT2D eigenvalue weighted by Crippen LogP contribution is 2.22. The quantitative estimate of drug-likeness (QED) is 0.786. The maximum Gasteiger partial charge on any atom is 0.0898 e. The Labute approximate surface area is 130 Å². The van der Waals surface area contributed by atoms with Gasteiger partial charge in [-0.05, 0) is 31.5 Å². The number of hydrogen-bond donors (Lipinski definition) is 2. The summed E-state index contributed by atoms with van der Waals surface area (Å²) < 4.78 is 5.54. The summed E-state index contributed by atoms with van der Waals surface area (Å²) in [5, 5.41) is 13.3. The Morgan fingerprint density at radius 1 is 1.19 bits per heavy atom. The number of hydrogen-bond acceptors (Lipinski definition) is 4. The molecule has 0 radical (unpaired) electrons. The molecule has 2 N–H and O–H groups in total. The normalized spacial score (nSPS) is 14.0. The third kappa shape index (κ3) is 5.59. The molecule has 0 amide bonds. The van der Waals surface area contributed by atoms with Crippen molar-refractivity contribution in [2.75, 3.05) is 13.2 Å². The first-order chi connectivity index (χ1) is 10.1. The molecule has 2 aromatic rings. The molecule has 3 nitrogen and oxygen atoms in total. The monoisotopic (exact) mass is 305 g/mol. The van der Waals surface area contributed by atoms with Crippen molar-refractivity contribution in [3.05, 3.63) is 57.8 Å². The first kappa shape index (κ1) is 16.2. The lowest BCUT2D eigenvalue weighted by atomic mass is 10.2. The molecule has 114 valence electrons. The van der Waals surface area contributed by atoms with Crippen LogP contribution >= 0.6 is 11.3 Å². The van der Waals surface area contributed by atoms with Gasteiger partial charge in [-0.1, -0.05) is 30.3 Å². The maximum absolute atomic E-state index is 9.94. The van der Waals surface area contributed by atoms with E-state index in [1.165, 1.54) is 9.75 Å². The molecule has 0 aliphatic rings. The van der Waals surface area contributed by atoms with Gasteiger partial charge in [-0.3, -0.25) is 0 Å². The molecule has 0 aliphatic heterocycles. The summed E-state index contributed by atoms with van der Waals surface area (Å²) in [6, 6.07) is 14.5. The second kappa shape index (κ2) is 8.29. The molecule has 0 aliphatic carbocycles. The van der Waals surface area contributed by atoms with Crippen LogP contribution in [0, 0.1) is 6.92 Å². The van der Waals surface area contributed by atoms with Gasteiger partial charge in [0.15, 0.2) is 0 Å². The van der Waals surface area contributed by atoms with Crippen molar-refractivity contribution >= 4 is 11.3 Å². The van der Waals surface area contributed by atoms with Crippen LogP contribution in [0.15, 0.2) is 42.5 Å². The predicted octanol–water partition coefficient (Wildman–Crippen LogP) is 3.28. The lowest BCUT2D eigenvalue weighted by Crippen LogP contribution is -2.31. The van der Waals surface area contributed by atoms with Gasteiger partial charge in [0.05, 0.1) is 19.3 Å². The molecule has 0 fully saturated rings. The van der Waals surface area contributed by atoms with Crippen molar-refractivity contribution in [2.45, 2.75) is 32.6 Å². The van der Waals surface area contributed by atoms with Gasteiger partial charge >= 0.3 is 0 Å². The van der Waals surface area contributed by atoms with E-state index in [1.807, 2.05) is 30.3 Å². The van der Waals surface area contributed by atoms with Crippen LogP contribution in [0.5, 0.6) is 0 Å². The Kier molecular flexibility index (Phi) is 6.39. The first-order valence-electron chi connectivity index (χ1n) is 7.24. The van der Waals surface area contributed by atoms with Crippen molar-refractivity contribution in [3.63, 3.8) is 0 Å². The van der Waals surface area contributed by atoms with Crippen LogP contribution < -0.4 is 5.32 Å². The van der Waals surface area contributed by atoms with Gasteiger partial charge in [-0.25, -0.2) is 0 Å². The van der Waals surface area contributed by atoms with Crippen molar-refractivity contribution in [2.24, 2.45) is 0 Å². The molecule has 0 saturated heterocycles. The zero-order chi connectivity index (χ0) is 15.1. The molecule has 0 bridgehead atoms. The molecule has 0 saturated carbocycles. The van der Waals surface area contributed by atoms with Gasteiger partial charge in [-0.15, -0.1) is 11.3 Å². The minimum Gasteiger partial charge on any atom is -0.389 e. The molecule has 1 aromatic heterocycles. The number of nitrogens with one attached hydrogen (secondary N) is 1. The van der Waals surface area contributed by atoms with Gasteiger partial charge < -0.3 is 15.2 Å². The third-order valence-electron chi connectivity index (χ3n) is 3.27. The Hall–Kier alpha value is -1.20. The average molecular weight is 305 g/mol. The first-order valence-corrected chi connectivity index (χ1v) is 8.06. The van der Waals surface area contributed by atoms with E-state index in [2.05, 4.69) is 31.3 Å². The molecule has 2 rings (SSSR count). The summed E-state index contributed by atoms with van der Waals surface area (Å²) >= 11 is 1.79. The Morgan fingerprint density at radius 3 is 2.62 bits per heavy atom. The number of benzene rings is 1. The smallest absolute Gasteiger partial charge is 0.0898 e. The van der Waals surface area contributed by atoms with Crippen molar-refractivity contribution in [1.29, 1.82) is 0 Å². The number of aryl methyl sites for hydroxylation is 1. The molecule has 1 aromatic carbocycles. The minimum atomic E-state index is -0.489. The van der Waals surface area contributed by atoms with E-state index in [4.69, 9.17) is 4.74 Å². The van der Waals surface area contributed by atoms with E-state index in [0.29, 0.717) is 19.8 Å². The fraction of sp³-hybridized carbons (Fsp3) is 0.412. The number of aliphatic hydroxyl groups is 1. The highest BCUT2D eigenvalue weighted by molar-refractivity contribution is 7.12. The second-order valence-corrected chi connectivity index (χ2v) is 6.55. The topological polar surface area (TPSA) is 41.5 Å². The van der Waals surface area contributed by atoms with E-state index >= 15 is 0 Å². The summed E-state index contributed by atoms with van der Waals surface area (Å²) in [6.07, 6.45) is -0.489.